The van der Waals surface area contributed by atoms with Gasteiger partial charge in [0.15, 0.2) is 0 Å². The summed E-state index contributed by atoms with van der Waals surface area (Å²) in [5, 5.41) is 0. The fraction of sp³-hybridized carbons (Fsp3) is 0.857. The Bertz CT molecular complexity index is 141. The van der Waals surface area contributed by atoms with Crippen molar-refractivity contribution >= 4 is 0 Å². The van der Waals surface area contributed by atoms with Crippen LogP contribution in [-0.2, 0) is 0 Å². The smallest absolute Gasteiger partial charge is 0.0210 e. The molecule has 0 N–H and O–H groups in total. The highest BCUT2D eigenvalue weighted by molar-refractivity contribution is 4.85. The molecule has 0 aliphatic rings. The van der Waals surface area contributed by atoms with Gasteiger partial charge < -0.3 is 0 Å². The van der Waals surface area contributed by atoms with Crippen LogP contribution < -0.4 is 0 Å². The monoisotopic (exact) mass is 193 g/mol. The zero-order valence-corrected chi connectivity index (χ0v) is 9.94. The van der Waals surface area contributed by atoms with Crippen LogP contribution in [0.1, 0.15) is 71.6 Å². The zero-order valence-electron chi connectivity index (χ0n) is 9.94. The first-order valence-corrected chi connectivity index (χ1v) is 6.27. The summed E-state index contributed by atoms with van der Waals surface area (Å²) < 4.78 is 0. The van der Waals surface area contributed by atoms with Gasteiger partial charge in [0.25, 0.3) is 0 Å². The second-order valence-electron chi connectivity index (χ2n) is 4.16. The first kappa shape index (κ1) is 13.6. The molecule has 0 aromatic carbocycles. The normalized spacial score (nSPS) is 12.4. The summed E-state index contributed by atoms with van der Waals surface area (Å²) in [5.41, 5.74) is 0. The van der Waals surface area contributed by atoms with Crippen molar-refractivity contribution in [3.8, 4) is 5.92 Å². The Morgan fingerprint density at radius 3 is 2.00 bits per heavy atom. The van der Waals surface area contributed by atoms with E-state index in [1.807, 2.05) is 0 Å². The van der Waals surface area contributed by atoms with Crippen molar-refractivity contribution in [3.63, 3.8) is 0 Å². The van der Waals surface area contributed by atoms with Crippen LogP contribution in [-0.4, -0.2) is 0 Å². The highest BCUT2D eigenvalue weighted by Gasteiger charge is 2.00. The highest BCUT2D eigenvalue weighted by atomic mass is 14.0. The van der Waals surface area contributed by atoms with Crippen LogP contribution in [0.3, 0.4) is 0 Å². The molecule has 0 saturated carbocycles. The molecule has 0 aliphatic heterocycles. The van der Waals surface area contributed by atoms with Crippen molar-refractivity contribution in [1.29, 1.82) is 0 Å². The van der Waals surface area contributed by atoms with E-state index < -0.39 is 0 Å². The summed E-state index contributed by atoms with van der Waals surface area (Å²) in [6.07, 6.45) is 18.9. The van der Waals surface area contributed by atoms with Crippen molar-refractivity contribution in [2.24, 2.45) is 5.92 Å². The molecule has 0 nitrogen and oxygen atoms in total. The van der Waals surface area contributed by atoms with E-state index in [4.69, 9.17) is 6.42 Å². The van der Waals surface area contributed by atoms with Gasteiger partial charge in [-0.15, -0.1) is 0 Å². The average molecular weight is 193 g/mol. The van der Waals surface area contributed by atoms with Crippen LogP contribution in [0.5, 0.6) is 0 Å². The third-order valence-electron chi connectivity index (χ3n) is 2.85. The van der Waals surface area contributed by atoms with Crippen LogP contribution in [0.15, 0.2) is 0 Å². The Morgan fingerprint density at radius 1 is 0.929 bits per heavy atom. The lowest BCUT2D eigenvalue weighted by Crippen LogP contribution is -1.94. The van der Waals surface area contributed by atoms with Crippen molar-refractivity contribution in [2.75, 3.05) is 0 Å². The van der Waals surface area contributed by atoms with Gasteiger partial charge in [0.2, 0.25) is 0 Å². The third-order valence-corrected chi connectivity index (χ3v) is 2.85. The molecule has 1 atom stereocenters. The lowest BCUT2D eigenvalue weighted by Gasteiger charge is -2.06. The van der Waals surface area contributed by atoms with Crippen molar-refractivity contribution in [1.82, 2.24) is 0 Å². The second-order valence-corrected chi connectivity index (χ2v) is 4.16. The highest BCUT2D eigenvalue weighted by Crippen LogP contribution is 2.14. The summed E-state index contributed by atoms with van der Waals surface area (Å²) >= 11 is 0. The molecule has 0 heteroatoms. The van der Waals surface area contributed by atoms with E-state index in [1.165, 1.54) is 51.4 Å². The Labute approximate surface area is 90.5 Å². The van der Waals surface area contributed by atoms with E-state index in [0.717, 1.165) is 6.42 Å². The standard InChI is InChI=1S/C14H25/c1-4-7-8-9-10-11-12-13-14(5-2)6-3/h14H,4-5,7-13H2,1-2H3. The van der Waals surface area contributed by atoms with Gasteiger partial charge in [0, 0.05) is 5.92 Å². The molecular weight excluding hydrogens is 168 g/mol. The first-order valence-electron chi connectivity index (χ1n) is 6.27. The lowest BCUT2D eigenvalue weighted by atomic mass is 9.99. The van der Waals surface area contributed by atoms with Crippen LogP contribution in [0, 0.1) is 18.3 Å². The van der Waals surface area contributed by atoms with E-state index in [1.54, 1.807) is 0 Å². The summed E-state index contributed by atoms with van der Waals surface area (Å²) in [6, 6.07) is 0. The topological polar surface area (TPSA) is 0 Å². The largest absolute Gasteiger partial charge is 0.0857 e. The third kappa shape index (κ3) is 8.17. The number of hydrogen-bond donors (Lipinski definition) is 0. The van der Waals surface area contributed by atoms with Gasteiger partial charge in [-0.2, -0.15) is 0 Å². The van der Waals surface area contributed by atoms with E-state index in [0.29, 0.717) is 5.92 Å². The molecule has 0 spiro atoms. The Hall–Kier alpha value is -0.440. The van der Waals surface area contributed by atoms with E-state index in [-0.39, 0.29) is 0 Å². The van der Waals surface area contributed by atoms with Crippen LogP contribution >= 0.6 is 0 Å². The molecule has 0 saturated heterocycles. The predicted octanol–water partition coefficient (Wildman–Crippen LogP) is 4.74. The van der Waals surface area contributed by atoms with Crippen LogP contribution in [0.2, 0.25) is 0 Å². The van der Waals surface area contributed by atoms with Gasteiger partial charge in [-0.3, -0.25) is 0 Å². The molecule has 1 unspecified atom stereocenters. The van der Waals surface area contributed by atoms with Crippen molar-refractivity contribution < 1.29 is 0 Å². The molecule has 14 heavy (non-hydrogen) atoms. The van der Waals surface area contributed by atoms with Gasteiger partial charge >= 0.3 is 0 Å². The van der Waals surface area contributed by atoms with Crippen molar-refractivity contribution in [2.45, 2.75) is 71.6 Å². The molecule has 0 bridgehead atoms. The maximum absolute atomic E-state index is 7.08. The molecule has 0 amide bonds. The number of hydrogen-bond acceptors (Lipinski definition) is 0. The fourth-order valence-corrected chi connectivity index (χ4v) is 1.73. The molecule has 0 aromatic rings. The first-order chi connectivity index (χ1) is 6.85. The number of unbranched alkanes of at least 4 members (excludes halogenated alkanes) is 6. The Morgan fingerprint density at radius 2 is 1.50 bits per heavy atom. The van der Waals surface area contributed by atoms with Crippen molar-refractivity contribution in [3.05, 3.63) is 6.42 Å². The Kier molecular flexibility index (Phi) is 10.3. The van der Waals surface area contributed by atoms with E-state index in [2.05, 4.69) is 19.8 Å². The van der Waals surface area contributed by atoms with E-state index >= 15 is 0 Å². The molecule has 0 aromatic heterocycles. The average Bonchev–Trinajstić information content (AvgIpc) is 2.22. The second kappa shape index (κ2) is 10.6. The SMILES string of the molecule is [C]#CC(CC)CCCCCCCCC. The molecule has 0 heterocycles. The molecule has 0 aliphatic carbocycles. The maximum atomic E-state index is 7.08. The molecule has 0 fully saturated rings. The van der Waals surface area contributed by atoms with Crippen LogP contribution in [0.4, 0.5) is 0 Å². The fourth-order valence-electron chi connectivity index (χ4n) is 1.73. The summed E-state index contributed by atoms with van der Waals surface area (Å²) in [4.78, 5) is 0. The van der Waals surface area contributed by atoms with Gasteiger partial charge in [0.1, 0.15) is 0 Å². The van der Waals surface area contributed by atoms with E-state index in [9.17, 15) is 0 Å². The molecular formula is C14H25. The van der Waals surface area contributed by atoms with Crippen LogP contribution in [0.25, 0.3) is 0 Å². The summed E-state index contributed by atoms with van der Waals surface area (Å²) in [6.45, 7) is 4.40. The van der Waals surface area contributed by atoms with Gasteiger partial charge in [-0.05, 0) is 19.3 Å². The lowest BCUT2D eigenvalue weighted by molar-refractivity contribution is 0.516. The molecule has 1 radical (unpaired) electrons. The maximum Gasteiger partial charge on any atom is 0.0210 e. The predicted molar refractivity (Wildman–Crippen MR) is 63.5 cm³/mol. The minimum Gasteiger partial charge on any atom is -0.0857 e. The number of rotatable bonds is 9. The summed E-state index contributed by atoms with van der Waals surface area (Å²) in [5.74, 6) is 3.03. The Balaban J connectivity index is 3.09. The molecule has 0 rings (SSSR count). The summed E-state index contributed by atoms with van der Waals surface area (Å²) in [7, 11) is 0. The van der Waals surface area contributed by atoms with Gasteiger partial charge in [-0.25, -0.2) is 0 Å². The molecule has 81 valence electrons. The minimum absolute atomic E-state index is 0.422. The quantitative estimate of drug-likeness (QED) is 0.366. The minimum atomic E-state index is 0.422. The van der Waals surface area contributed by atoms with Gasteiger partial charge in [0.05, 0.1) is 0 Å². The van der Waals surface area contributed by atoms with Gasteiger partial charge in [-0.1, -0.05) is 64.7 Å². The zero-order chi connectivity index (χ0) is 10.6.